The van der Waals surface area contributed by atoms with Crippen LogP contribution >= 0.6 is 11.3 Å². The van der Waals surface area contributed by atoms with Gasteiger partial charge in [-0.3, -0.25) is 19.2 Å². The van der Waals surface area contributed by atoms with Gasteiger partial charge in [-0.05, 0) is 88.9 Å². The molecule has 6 rings (SSSR count). The van der Waals surface area contributed by atoms with Crippen LogP contribution in [0.15, 0.2) is 30.3 Å². The van der Waals surface area contributed by atoms with Crippen LogP contribution in [0.25, 0.3) is 0 Å². The molecule has 3 atom stereocenters. The summed E-state index contributed by atoms with van der Waals surface area (Å²) in [5.74, 6) is 0.899. The highest BCUT2D eigenvalue weighted by atomic mass is 32.1. The number of piperidine rings is 2. The zero-order valence-electron chi connectivity index (χ0n) is 26.4. The molecule has 4 aliphatic rings. The summed E-state index contributed by atoms with van der Waals surface area (Å²) in [5.41, 5.74) is 1.42. The van der Waals surface area contributed by atoms with Gasteiger partial charge in [-0.25, -0.2) is 4.98 Å². The summed E-state index contributed by atoms with van der Waals surface area (Å²) in [6.45, 7) is 6.38. The number of benzene rings is 1. The topological polar surface area (TPSA) is 133 Å². The van der Waals surface area contributed by atoms with Gasteiger partial charge in [0.15, 0.2) is 0 Å². The van der Waals surface area contributed by atoms with Gasteiger partial charge in [0.25, 0.3) is 5.91 Å². The lowest BCUT2D eigenvalue weighted by molar-refractivity contribution is -0.134. The molecule has 0 aliphatic carbocycles. The van der Waals surface area contributed by atoms with Crippen molar-refractivity contribution in [2.45, 2.75) is 83.1 Å². The van der Waals surface area contributed by atoms with E-state index in [4.69, 9.17) is 4.98 Å². The quantitative estimate of drug-likeness (QED) is 0.360. The van der Waals surface area contributed by atoms with E-state index in [2.05, 4.69) is 21.3 Å². The average molecular weight is 637 g/mol. The van der Waals surface area contributed by atoms with Crippen molar-refractivity contribution in [3.05, 3.63) is 51.5 Å². The Kier molecular flexibility index (Phi) is 12.0. The molecule has 0 unspecified atom stereocenters. The van der Waals surface area contributed by atoms with E-state index in [1.807, 2.05) is 30.0 Å². The Labute approximate surface area is 270 Å². The molecule has 4 aliphatic heterocycles. The summed E-state index contributed by atoms with van der Waals surface area (Å²) in [4.78, 5) is 59.9. The molecule has 4 amide bonds. The van der Waals surface area contributed by atoms with Crippen molar-refractivity contribution < 1.29 is 19.2 Å². The lowest BCUT2D eigenvalue weighted by Crippen LogP contribution is -2.44. The van der Waals surface area contributed by atoms with E-state index in [9.17, 15) is 19.2 Å². The molecule has 2 saturated heterocycles. The van der Waals surface area contributed by atoms with Crippen molar-refractivity contribution in [1.29, 1.82) is 0 Å². The van der Waals surface area contributed by atoms with Gasteiger partial charge >= 0.3 is 0 Å². The number of nitrogens with one attached hydrogen (secondary N) is 4. The molecule has 4 N–H and O–H groups in total. The number of hydrogen-bond donors (Lipinski definition) is 4. The van der Waals surface area contributed by atoms with Gasteiger partial charge in [0.05, 0.1) is 17.1 Å². The number of aryl methyl sites for hydroxylation is 1. The molecule has 0 saturated carbocycles. The number of aromatic nitrogens is 1. The molecule has 5 heterocycles. The van der Waals surface area contributed by atoms with E-state index in [1.54, 1.807) is 23.5 Å². The summed E-state index contributed by atoms with van der Waals surface area (Å²) >= 11 is 1.66. The first-order valence-electron chi connectivity index (χ1n) is 16.7. The van der Waals surface area contributed by atoms with E-state index in [1.165, 1.54) is 0 Å². The smallest absolute Gasteiger partial charge is 0.251 e. The largest absolute Gasteiger partial charge is 0.356 e. The highest BCUT2D eigenvalue weighted by molar-refractivity contribution is 7.11. The molecule has 0 radical (unpaired) electrons. The predicted octanol–water partition coefficient (Wildman–Crippen LogP) is 3.31. The van der Waals surface area contributed by atoms with Crippen LogP contribution in [0.5, 0.6) is 0 Å². The van der Waals surface area contributed by atoms with Crippen LogP contribution in [-0.2, 0) is 20.8 Å². The van der Waals surface area contributed by atoms with Gasteiger partial charge in [0.1, 0.15) is 0 Å². The van der Waals surface area contributed by atoms with Crippen LogP contribution in [0.4, 0.5) is 0 Å². The van der Waals surface area contributed by atoms with Crippen LogP contribution in [0, 0.1) is 18.8 Å². The third kappa shape index (κ3) is 9.59. The summed E-state index contributed by atoms with van der Waals surface area (Å²) in [6.07, 6.45) is 6.70. The van der Waals surface area contributed by atoms with E-state index < -0.39 is 0 Å². The number of carbonyl (C=O) groups excluding carboxylic acids is 4. The van der Waals surface area contributed by atoms with Gasteiger partial charge in [-0.15, -0.1) is 11.3 Å². The minimum absolute atomic E-state index is 0.0842. The summed E-state index contributed by atoms with van der Waals surface area (Å²) < 4.78 is 0. The lowest BCUT2D eigenvalue weighted by Gasteiger charge is -2.36. The summed E-state index contributed by atoms with van der Waals surface area (Å²) in [7, 11) is 0. The molecule has 2 aromatic rings. The Hall–Kier alpha value is -3.31. The first kappa shape index (κ1) is 33.1. The number of unbranched alkanes of at least 4 members (excludes halogenated alkanes) is 1. The fourth-order valence-corrected chi connectivity index (χ4v) is 7.97. The molecule has 0 spiro atoms. The second-order valence-electron chi connectivity index (χ2n) is 12.8. The van der Waals surface area contributed by atoms with E-state index in [0.717, 1.165) is 80.3 Å². The number of hydrogen-bond acceptors (Lipinski definition) is 7. The molecule has 4 bridgehead atoms. The second kappa shape index (κ2) is 16.3. The van der Waals surface area contributed by atoms with Gasteiger partial charge in [0, 0.05) is 61.4 Å². The molecular formula is C34H48N6O4S. The second-order valence-corrected chi connectivity index (χ2v) is 14.1. The van der Waals surface area contributed by atoms with E-state index in [0.29, 0.717) is 49.2 Å². The predicted molar refractivity (Wildman–Crippen MR) is 175 cm³/mol. The molecule has 10 nitrogen and oxygen atoms in total. The Morgan fingerprint density at radius 1 is 0.978 bits per heavy atom. The fourth-order valence-electron chi connectivity index (χ4n) is 6.86. The number of carbonyl (C=O) groups is 4. The van der Waals surface area contributed by atoms with Crippen LogP contribution in [-0.4, -0.2) is 78.8 Å². The number of nitrogens with zero attached hydrogens (tertiary/aromatic N) is 2. The molecular weight excluding hydrogens is 588 g/mol. The fraction of sp³-hybridized carbons (Fsp3) is 0.618. The van der Waals surface area contributed by atoms with Crippen molar-refractivity contribution in [2.24, 2.45) is 11.8 Å². The zero-order valence-corrected chi connectivity index (χ0v) is 27.3. The van der Waals surface area contributed by atoms with Gasteiger partial charge in [-0.2, -0.15) is 0 Å². The van der Waals surface area contributed by atoms with Crippen molar-refractivity contribution in [3.63, 3.8) is 0 Å². The first-order chi connectivity index (χ1) is 21.9. The number of fused-ring (bicyclic) bond motifs is 11. The molecule has 45 heavy (non-hydrogen) atoms. The maximum atomic E-state index is 13.3. The summed E-state index contributed by atoms with van der Waals surface area (Å²) in [5, 5.41) is 13.7. The van der Waals surface area contributed by atoms with Crippen molar-refractivity contribution >= 4 is 35.0 Å². The van der Waals surface area contributed by atoms with Gasteiger partial charge in [-0.1, -0.05) is 18.2 Å². The number of thiazole rings is 1. The SMILES string of the molecule is Cc1sc2nc1CC(=O)N[C@@H](CCCCNC(=O)c1ccccc1)CC(=O)NCC[C@H]1CNCC[C@H]1CC(=O)N1CCC2CC1. The molecule has 1 aromatic heterocycles. The van der Waals surface area contributed by atoms with Gasteiger partial charge in [0.2, 0.25) is 17.7 Å². The van der Waals surface area contributed by atoms with Crippen molar-refractivity contribution in [1.82, 2.24) is 31.2 Å². The average Bonchev–Trinajstić information content (AvgIpc) is 3.40. The standard InChI is InChI=1S/C34H48N6O4S/c1-23-29-21-31(42)38-28(9-5-6-14-37-33(44)24-7-3-2-4-8-24)20-30(41)36-16-11-27-22-35-15-10-26(27)19-32(43)40-17-12-25(13-18-40)34(39-29)45-23/h2-4,7-8,25-28,35H,5-6,9-22H2,1H3,(H,36,41)(H,37,44)(H,38,42)/t26-,27-,28-/m0/s1. The summed E-state index contributed by atoms with van der Waals surface area (Å²) in [6, 6.07) is 8.82. The molecule has 11 heteroatoms. The first-order valence-corrected chi connectivity index (χ1v) is 17.5. The lowest BCUT2D eigenvalue weighted by atomic mass is 9.81. The molecule has 244 valence electrons. The number of rotatable bonds is 6. The van der Waals surface area contributed by atoms with Crippen LogP contribution in [0.1, 0.15) is 89.6 Å². The molecule has 2 fully saturated rings. The third-order valence-corrected chi connectivity index (χ3v) is 10.7. The van der Waals surface area contributed by atoms with Crippen LogP contribution in [0.3, 0.4) is 0 Å². The normalized spacial score (nSPS) is 25.2. The van der Waals surface area contributed by atoms with E-state index in [-0.39, 0.29) is 42.5 Å². The third-order valence-electron chi connectivity index (χ3n) is 9.57. The zero-order chi connectivity index (χ0) is 31.6. The van der Waals surface area contributed by atoms with Crippen molar-refractivity contribution in [2.75, 3.05) is 39.3 Å². The van der Waals surface area contributed by atoms with Crippen molar-refractivity contribution in [3.8, 4) is 0 Å². The highest BCUT2D eigenvalue weighted by Gasteiger charge is 2.31. The van der Waals surface area contributed by atoms with Crippen LogP contribution < -0.4 is 21.3 Å². The van der Waals surface area contributed by atoms with Crippen LogP contribution in [0.2, 0.25) is 0 Å². The Morgan fingerprint density at radius 2 is 1.76 bits per heavy atom. The molecule has 1 aromatic carbocycles. The monoisotopic (exact) mass is 636 g/mol. The Morgan fingerprint density at radius 3 is 2.56 bits per heavy atom. The maximum absolute atomic E-state index is 13.3. The highest BCUT2D eigenvalue weighted by Crippen LogP contribution is 2.34. The Balaban J connectivity index is 1.22. The van der Waals surface area contributed by atoms with E-state index >= 15 is 0 Å². The minimum atomic E-state index is -0.308. The minimum Gasteiger partial charge on any atom is -0.356 e. The van der Waals surface area contributed by atoms with Gasteiger partial charge < -0.3 is 26.2 Å². The number of amides is 4. The maximum Gasteiger partial charge on any atom is 0.251 e. The Bertz CT molecular complexity index is 1310.